The van der Waals surface area contributed by atoms with Gasteiger partial charge in [0.05, 0.1) is 13.2 Å². The molecule has 26 heavy (non-hydrogen) atoms. The van der Waals surface area contributed by atoms with E-state index in [1.54, 1.807) is 0 Å². The predicted octanol–water partition coefficient (Wildman–Crippen LogP) is 6.34. The maximum absolute atomic E-state index is 13.8. The van der Waals surface area contributed by atoms with Crippen molar-refractivity contribution >= 4 is 13.3 Å². The molecule has 4 nitrogen and oxygen atoms in total. The van der Waals surface area contributed by atoms with E-state index in [0.717, 1.165) is 11.3 Å². The van der Waals surface area contributed by atoms with Crippen LogP contribution in [0.4, 0.5) is 5.69 Å². The molecule has 0 aliphatic rings. The zero-order valence-corrected chi connectivity index (χ0v) is 17.0. The van der Waals surface area contributed by atoms with Gasteiger partial charge in [-0.05, 0) is 29.5 Å². The van der Waals surface area contributed by atoms with Crippen LogP contribution in [-0.2, 0) is 13.6 Å². The van der Waals surface area contributed by atoms with Crippen LogP contribution in [0.25, 0.3) is 0 Å². The number of hydrogen-bond donors (Lipinski definition) is 1. The fourth-order valence-corrected chi connectivity index (χ4v) is 4.59. The molecule has 0 fully saturated rings. The highest BCUT2D eigenvalue weighted by atomic mass is 31.2. The van der Waals surface area contributed by atoms with E-state index < -0.39 is 13.4 Å². The van der Waals surface area contributed by atoms with Crippen molar-refractivity contribution in [3.05, 3.63) is 66.2 Å². The van der Waals surface area contributed by atoms with Crippen molar-refractivity contribution in [3.8, 4) is 0 Å². The Labute approximate surface area is 157 Å². The van der Waals surface area contributed by atoms with Crippen LogP contribution in [0.5, 0.6) is 0 Å². The summed E-state index contributed by atoms with van der Waals surface area (Å²) in [7, 11) is -3.44. The third-order valence-electron chi connectivity index (χ3n) is 3.68. The van der Waals surface area contributed by atoms with Gasteiger partial charge in [0.2, 0.25) is 0 Å². The molecule has 0 aliphatic heterocycles. The zero-order chi connectivity index (χ0) is 19.0. The summed E-state index contributed by atoms with van der Waals surface area (Å²) >= 11 is 0. The van der Waals surface area contributed by atoms with E-state index in [4.69, 9.17) is 9.05 Å². The van der Waals surface area contributed by atoms with Crippen LogP contribution in [0, 0.1) is 11.8 Å². The molecule has 0 spiro atoms. The third kappa shape index (κ3) is 6.28. The highest BCUT2D eigenvalue weighted by Crippen LogP contribution is 2.61. The summed E-state index contributed by atoms with van der Waals surface area (Å²) in [5.41, 5.74) is 1.76. The van der Waals surface area contributed by atoms with Gasteiger partial charge >= 0.3 is 7.60 Å². The monoisotopic (exact) mass is 375 g/mol. The first kappa shape index (κ1) is 20.7. The van der Waals surface area contributed by atoms with Crippen molar-refractivity contribution < 1.29 is 13.6 Å². The summed E-state index contributed by atoms with van der Waals surface area (Å²) in [5.74, 6) is -0.0400. The van der Waals surface area contributed by atoms with Crippen molar-refractivity contribution in [2.45, 2.75) is 33.5 Å². The minimum atomic E-state index is -3.44. The van der Waals surface area contributed by atoms with Crippen LogP contribution >= 0.6 is 7.60 Å². The Morgan fingerprint density at radius 1 is 0.808 bits per heavy atom. The van der Waals surface area contributed by atoms with Gasteiger partial charge in [0.25, 0.3) is 0 Å². The summed E-state index contributed by atoms with van der Waals surface area (Å²) in [6.07, 6.45) is 0. The molecule has 0 saturated heterocycles. The van der Waals surface area contributed by atoms with Gasteiger partial charge in [0, 0.05) is 5.69 Å². The zero-order valence-electron chi connectivity index (χ0n) is 16.1. The van der Waals surface area contributed by atoms with Crippen LogP contribution in [0.2, 0.25) is 0 Å². The van der Waals surface area contributed by atoms with Crippen molar-refractivity contribution in [2.75, 3.05) is 18.5 Å². The van der Waals surface area contributed by atoms with Crippen LogP contribution in [0.3, 0.4) is 0 Å². The Morgan fingerprint density at radius 2 is 1.27 bits per heavy atom. The van der Waals surface area contributed by atoms with Crippen molar-refractivity contribution in [3.63, 3.8) is 0 Å². The summed E-state index contributed by atoms with van der Waals surface area (Å²) in [5, 5.41) is 3.37. The topological polar surface area (TPSA) is 47.6 Å². The highest BCUT2D eigenvalue weighted by Gasteiger charge is 2.38. The Balaban J connectivity index is 2.37. The van der Waals surface area contributed by atoms with Gasteiger partial charge in [-0.1, -0.05) is 76.2 Å². The quantitative estimate of drug-likeness (QED) is 0.493. The molecule has 2 aromatic carbocycles. The maximum Gasteiger partial charge on any atom is 0.357 e. The fraction of sp³-hybridized carbons (Fsp3) is 0.429. The van der Waals surface area contributed by atoms with E-state index in [1.165, 1.54) is 0 Å². The van der Waals surface area contributed by atoms with Crippen molar-refractivity contribution in [1.82, 2.24) is 0 Å². The summed E-state index contributed by atoms with van der Waals surface area (Å²) in [6, 6.07) is 19.4. The average molecular weight is 375 g/mol. The summed E-state index contributed by atoms with van der Waals surface area (Å²) in [4.78, 5) is 0. The summed E-state index contributed by atoms with van der Waals surface area (Å²) in [6.45, 7) is 8.91. The minimum Gasteiger partial charge on any atom is -0.368 e. The molecular formula is C21H30NO3P. The molecule has 1 N–H and O–H groups in total. The van der Waals surface area contributed by atoms with E-state index in [1.807, 2.05) is 88.4 Å². The molecule has 142 valence electrons. The van der Waals surface area contributed by atoms with Gasteiger partial charge in [0.15, 0.2) is 5.78 Å². The molecule has 0 radical (unpaired) electrons. The molecule has 1 atom stereocenters. The number of hydrogen-bond acceptors (Lipinski definition) is 4. The Hall–Kier alpha value is -1.61. The normalized spacial score (nSPS) is 13.2. The lowest BCUT2D eigenvalue weighted by molar-refractivity contribution is 0.168. The van der Waals surface area contributed by atoms with E-state index >= 15 is 0 Å². The third-order valence-corrected chi connectivity index (χ3v) is 5.76. The van der Waals surface area contributed by atoms with Gasteiger partial charge in [0.1, 0.15) is 0 Å². The van der Waals surface area contributed by atoms with E-state index in [0.29, 0.717) is 13.2 Å². The maximum atomic E-state index is 13.8. The number of nitrogens with one attached hydrogen (secondary N) is 1. The van der Waals surface area contributed by atoms with Gasteiger partial charge in [-0.15, -0.1) is 0 Å². The van der Waals surface area contributed by atoms with Crippen molar-refractivity contribution in [2.24, 2.45) is 11.8 Å². The lowest BCUT2D eigenvalue weighted by Gasteiger charge is -2.30. The highest BCUT2D eigenvalue weighted by molar-refractivity contribution is 7.54. The Bertz CT molecular complexity index is 673. The minimum absolute atomic E-state index is 0.263. The molecule has 2 rings (SSSR count). The van der Waals surface area contributed by atoms with Gasteiger partial charge in [-0.25, -0.2) is 0 Å². The second-order valence-electron chi connectivity index (χ2n) is 7.24. The molecule has 0 unspecified atom stereocenters. The number of para-hydroxylation sites is 1. The molecule has 0 bridgehead atoms. The second kappa shape index (κ2) is 9.91. The number of benzene rings is 2. The smallest absolute Gasteiger partial charge is 0.357 e. The molecule has 0 amide bonds. The van der Waals surface area contributed by atoms with E-state index in [-0.39, 0.29) is 11.8 Å². The second-order valence-corrected chi connectivity index (χ2v) is 9.36. The molecule has 0 aromatic heterocycles. The standard InChI is InChI=1S/C21H30NO3P/c1-17(2)15-24-26(23,25-16-18(3)4)21(19-11-7-5-8-12-19)22-20-13-9-6-10-14-20/h5-14,17-18,21-22H,15-16H2,1-4H3/t21-/m0/s1. The molecule has 2 aromatic rings. The van der Waals surface area contributed by atoms with E-state index in [9.17, 15) is 4.57 Å². The van der Waals surface area contributed by atoms with Crippen LogP contribution in [-0.4, -0.2) is 13.2 Å². The molecule has 0 heterocycles. The Kier molecular flexibility index (Phi) is 7.89. The predicted molar refractivity (Wildman–Crippen MR) is 108 cm³/mol. The number of anilines is 1. The van der Waals surface area contributed by atoms with Crippen LogP contribution in [0.15, 0.2) is 60.7 Å². The lowest BCUT2D eigenvalue weighted by Crippen LogP contribution is -2.17. The molecule has 5 heteroatoms. The largest absolute Gasteiger partial charge is 0.368 e. The average Bonchev–Trinajstić information content (AvgIpc) is 2.64. The van der Waals surface area contributed by atoms with Crippen LogP contribution < -0.4 is 5.32 Å². The van der Waals surface area contributed by atoms with Crippen molar-refractivity contribution in [1.29, 1.82) is 0 Å². The first-order valence-electron chi connectivity index (χ1n) is 9.16. The summed E-state index contributed by atoms with van der Waals surface area (Å²) < 4.78 is 25.6. The fourth-order valence-electron chi connectivity index (χ4n) is 2.36. The first-order chi connectivity index (χ1) is 12.4. The Morgan fingerprint density at radius 3 is 1.73 bits per heavy atom. The number of rotatable bonds is 10. The van der Waals surface area contributed by atoms with Gasteiger partial charge in [-0.2, -0.15) is 0 Å². The SMILES string of the molecule is CC(C)COP(=O)(OCC(C)C)[C@H](Nc1ccccc1)c1ccccc1. The lowest BCUT2D eigenvalue weighted by atomic mass is 10.2. The van der Waals surface area contributed by atoms with Crippen LogP contribution in [0.1, 0.15) is 39.0 Å². The van der Waals surface area contributed by atoms with E-state index in [2.05, 4.69) is 5.32 Å². The first-order valence-corrected chi connectivity index (χ1v) is 10.8. The molecular weight excluding hydrogens is 345 g/mol. The van der Waals surface area contributed by atoms with Gasteiger partial charge in [-0.3, -0.25) is 4.57 Å². The molecule has 0 aliphatic carbocycles. The molecule has 0 saturated carbocycles. The van der Waals surface area contributed by atoms with Gasteiger partial charge < -0.3 is 14.4 Å².